The van der Waals surface area contributed by atoms with Gasteiger partial charge in [0.2, 0.25) is 0 Å². The second-order valence-electron chi connectivity index (χ2n) is 1.39. The van der Waals surface area contributed by atoms with Gasteiger partial charge in [0.25, 0.3) is 0 Å². The van der Waals surface area contributed by atoms with Crippen molar-refractivity contribution < 1.29 is 25.5 Å². The fourth-order valence-corrected chi connectivity index (χ4v) is 0.161. The summed E-state index contributed by atoms with van der Waals surface area (Å²) in [6, 6.07) is 0. The van der Waals surface area contributed by atoms with E-state index in [2.05, 4.69) is 9.78 Å². The fraction of sp³-hybridized carbons (Fsp3) is 1.00. The van der Waals surface area contributed by atoms with Crippen LogP contribution in [0.1, 0.15) is 13.8 Å². The van der Waals surface area contributed by atoms with Gasteiger partial charge in [0.15, 0.2) is 12.6 Å². The number of hydrogen-bond acceptors (Lipinski definition) is 4. The highest BCUT2D eigenvalue weighted by atomic mass is 17.2. The van der Waals surface area contributed by atoms with E-state index in [4.69, 9.17) is 10.2 Å². The summed E-state index contributed by atoms with van der Waals surface area (Å²) < 4.78 is 0. The third-order valence-corrected chi connectivity index (χ3v) is 0.334. The molecule has 58 valence electrons. The Morgan fingerprint density at radius 3 is 1.33 bits per heavy atom. The normalized spacial score (nSPS) is 16.0. The fourth-order valence-electron chi connectivity index (χ4n) is 0.161. The van der Waals surface area contributed by atoms with Gasteiger partial charge in [0, 0.05) is 0 Å². The van der Waals surface area contributed by atoms with Crippen LogP contribution in [0.5, 0.6) is 0 Å². The van der Waals surface area contributed by atoms with Gasteiger partial charge in [0.05, 0.1) is 0 Å². The molecule has 0 aromatic heterocycles. The van der Waals surface area contributed by atoms with Crippen molar-refractivity contribution in [1.82, 2.24) is 0 Å². The standard InChI is InChI=1S/C4H10O4.H2O/c1-3(5)7-8-4(2)6;/h3-6H,1-2H3;1H2. The number of rotatable bonds is 3. The first-order chi connectivity index (χ1) is 3.63. The summed E-state index contributed by atoms with van der Waals surface area (Å²) in [6.07, 6.45) is -1.99. The van der Waals surface area contributed by atoms with E-state index in [9.17, 15) is 0 Å². The zero-order chi connectivity index (χ0) is 6.57. The second kappa shape index (κ2) is 5.93. The molecule has 0 aliphatic rings. The molecule has 0 bridgehead atoms. The van der Waals surface area contributed by atoms with Crippen LogP contribution in [0.25, 0.3) is 0 Å². The first-order valence-corrected chi connectivity index (χ1v) is 2.31. The molecule has 5 nitrogen and oxygen atoms in total. The van der Waals surface area contributed by atoms with Crippen LogP contribution in [0.2, 0.25) is 0 Å². The highest BCUT2D eigenvalue weighted by Crippen LogP contribution is 1.89. The largest absolute Gasteiger partial charge is 0.412 e. The quantitative estimate of drug-likeness (QED) is 0.292. The Labute approximate surface area is 53.1 Å². The van der Waals surface area contributed by atoms with Crippen molar-refractivity contribution in [2.75, 3.05) is 0 Å². The van der Waals surface area contributed by atoms with Crippen molar-refractivity contribution in [3.8, 4) is 0 Å². The van der Waals surface area contributed by atoms with Gasteiger partial charge >= 0.3 is 0 Å². The summed E-state index contributed by atoms with van der Waals surface area (Å²) in [4.78, 5) is 8.22. The van der Waals surface area contributed by atoms with Crippen molar-refractivity contribution in [3.63, 3.8) is 0 Å². The van der Waals surface area contributed by atoms with Gasteiger partial charge < -0.3 is 15.7 Å². The molecule has 0 aliphatic carbocycles. The molecule has 9 heavy (non-hydrogen) atoms. The summed E-state index contributed by atoms with van der Waals surface area (Å²) >= 11 is 0. The van der Waals surface area contributed by atoms with Crippen LogP contribution in [-0.4, -0.2) is 28.3 Å². The lowest BCUT2D eigenvalue weighted by molar-refractivity contribution is -0.415. The molecule has 0 aromatic carbocycles. The summed E-state index contributed by atoms with van der Waals surface area (Å²) in [6.45, 7) is 2.75. The Hall–Kier alpha value is -0.200. The lowest BCUT2D eigenvalue weighted by atomic mass is 10.8. The summed E-state index contributed by atoms with van der Waals surface area (Å²) in [5, 5.41) is 16.7. The van der Waals surface area contributed by atoms with Gasteiger partial charge in [-0.3, -0.25) is 0 Å². The Balaban J connectivity index is 0. The van der Waals surface area contributed by atoms with E-state index in [1.807, 2.05) is 0 Å². The first kappa shape index (κ1) is 11.6. The maximum atomic E-state index is 8.34. The van der Waals surface area contributed by atoms with E-state index in [0.717, 1.165) is 0 Å². The van der Waals surface area contributed by atoms with Crippen LogP contribution in [-0.2, 0) is 9.78 Å². The number of aliphatic hydroxyl groups excluding tert-OH is 2. The average Bonchev–Trinajstić information content (AvgIpc) is 1.61. The molecule has 0 radical (unpaired) electrons. The van der Waals surface area contributed by atoms with Crippen molar-refractivity contribution in [1.29, 1.82) is 0 Å². The zero-order valence-corrected chi connectivity index (χ0v) is 5.37. The molecule has 0 spiro atoms. The summed E-state index contributed by atoms with van der Waals surface area (Å²) in [7, 11) is 0. The Bertz CT molecular complexity index is 44.9. The molecule has 0 saturated heterocycles. The van der Waals surface area contributed by atoms with E-state index >= 15 is 0 Å². The number of aliphatic hydroxyl groups is 2. The van der Waals surface area contributed by atoms with E-state index < -0.39 is 12.6 Å². The second-order valence-corrected chi connectivity index (χ2v) is 1.39. The average molecular weight is 140 g/mol. The van der Waals surface area contributed by atoms with Gasteiger partial charge in [-0.1, -0.05) is 0 Å². The molecule has 0 heterocycles. The van der Waals surface area contributed by atoms with Gasteiger partial charge in [0.1, 0.15) is 0 Å². The highest BCUT2D eigenvalue weighted by molar-refractivity contribution is 4.14. The zero-order valence-electron chi connectivity index (χ0n) is 5.37. The maximum absolute atomic E-state index is 8.34. The van der Waals surface area contributed by atoms with E-state index in [0.29, 0.717) is 0 Å². The molecule has 0 amide bonds. The van der Waals surface area contributed by atoms with E-state index in [-0.39, 0.29) is 5.48 Å². The molecule has 4 N–H and O–H groups in total. The lowest BCUT2D eigenvalue weighted by Gasteiger charge is -2.06. The molecule has 2 atom stereocenters. The maximum Gasteiger partial charge on any atom is 0.185 e. The predicted molar refractivity (Wildman–Crippen MR) is 29.1 cm³/mol. The smallest absolute Gasteiger partial charge is 0.185 e. The SMILES string of the molecule is CC(O)OOC(C)O.O. The molecule has 5 heteroatoms. The monoisotopic (exact) mass is 140 g/mol. The summed E-state index contributed by atoms with van der Waals surface area (Å²) in [5.74, 6) is 0. The number of hydrogen-bond donors (Lipinski definition) is 2. The first-order valence-electron chi connectivity index (χ1n) is 2.31. The predicted octanol–water partition coefficient (Wildman–Crippen LogP) is -1.21. The molecule has 0 rings (SSSR count). The van der Waals surface area contributed by atoms with Crippen molar-refractivity contribution in [3.05, 3.63) is 0 Å². The third-order valence-electron chi connectivity index (χ3n) is 0.334. The Morgan fingerprint density at radius 1 is 1.00 bits per heavy atom. The van der Waals surface area contributed by atoms with Crippen molar-refractivity contribution in [2.24, 2.45) is 0 Å². The van der Waals surface area contributed by atoms with Crippen LogP contribution in [0.15, 0.2) is 0 Å². The molecule has 0 aliphatic heterocycles. The van der Waals surface area contributed by atoms with E-state index in [1.54, 1.807) is 0 Å². The van der Waals surface area contributed by atoms with Crippen LogP contribution in [0, 0.1) is 0 Å². The lowest BCUT2D eigenvalue weighted by Crippen LogP contribution is -2.13. The van der Waals surface area contributed by atoms with Gasteiger partial charge in [-0.15, -0.1) is 0 Å². The molecule has 0 fully saturated rings. The minimum atomic E-state index is -0.996. The van der Waals surface area contributed by atoms with Crippen LogP contribution in [0.3, 0.4) is 0 Å². The minimum Gasteiger partial charge on any atom is -0.412 e. The highest BCUT2D eigenvalue weighted by Gasteiger charge is 1.97. The van der Waals surface area contributed by atoms with Crippen LogP contribution in [0.4, 0.5) is 0 Å². The minimum absolute atomic E-state index is 0. The van der Waals surface area contributed by atoms with Crippen molar-refractivity contribution in [2.45, 2.75) is 26.4 Å². The summed E-state index contributed by atoms with van der Waals surface area (Å²) in [5.41, 5.74) is 0. The molecular weight excluding hydrogens is 128 g/mol. The molecule has 2 unspecified atom stereocenters. The van der Waals surface area contributed by atoms with Gasteiger partial charge in [-0.05, 0) is 13.8 Å². The molecular formula is C4H12O5. The van der Waals surface area contributed by atoms with Gasteiger partial charge in [-0.25, -0.2) is 9.78 Å². The van der Waals surface area contributed by atoms with Crippen LogP contribution >= 0.6 is 0 Å². The topological polar surface area (TPSA) is 90.4 Å². The molecule has 0 aromatic rings. The van der Waals surface area contributed by atoms with E-state index in [1.165, 1.54) is 13.8 Å². The van der Waals surface area contributed by atoms with Gasteiger partial charge in [-0.2, -0.15) is 0 Å². The molecule has 0 saturated carbocycles. The van der Waals surface area contributed by atoms with Crippen LogP contribution < -0.4 is 0 Å². The van der Waals surface area contributed by atoms with Crippen molar-refractivity contribution >= 4 is 0 Å². The third kappa shape index (κ3) is 11.4. The Kier molecular flexibility index (Phi) is 7.63. The Morgan fingerprint density at radius 2 is 1.22 bits per heavy atom.